The van der Waals surface area contributed by atoms with Gasteiger partial charge in [-0.25, -0.2) is 8.42 Å². The number of sulfone groups is 1. The fourth-order valence-corrected chi connectivity index (χ4v) is 2.91. The third-order valence-corrected chi connectivity index (χ3v) is 4.13. The minimum Gasteiger partial charge on any atom is -0.377 e. The third-order valence-electron chi connectivity index (χ3n) is 2.10. The van der Waals surface area contributed by atoms with Crippen molar-refractivity contribution in [2.75, 3.05) is 25.5 Å². The predicted molar refractivity (Wildman–Crippen MR) is 51.3 cm³/mol. The summed E-state index contributed by atoms with van der Waals surface area (Å²) in [5.41, 5.74) is 0. The minimum absolute atomic E-state index is 0.268. The number of rotatable bonds is 4. The van der Waals surface area contributed by atoms with Gasteiger partial charge < -0.3 is 4.74 Å². The van der Waals surface area contributed by atoms with E-state index in [-0.39, 0.29) is 5.75 Å². The molecule has 0 bridgehead atoms. The zero-order chi connectivity index (χ0) is 9.73. The van der Waals surface area contributed by atoms with E-state index in [0.29, 0.717) is 19.8 Å². The van der Waals surface area contributed by atoms with Crippen LogP contribution in [0.1, 0.15) is 19.8 Å². The molecule has 78 valence electrons. The summed E-state index contributed by atoms with van der Waals surface area (Å²) in [5.74, 6) is 0.268. The van der Waals surface area contributed by atoms with E-state index in [4.69, 9.17) is 4.74 Å². The lowest BCUT2D eigenvalue weighted by Gasteiger charge is -2.23. The first kappa shape index (κ1) is 10.9. The monoisotopic (exact) mass is 207 g/mol. The maximum atomic E-state index is 11.6. The van der Waals surface area contributed by atoms with Crippen LogP contribution in [0.4, 0.5) is 0 Å². The molecule has 1 aliphatic heterocycles. The van der Waals surface area contributed by atoms with E-state index in [1.807, 2.05) is 6.92 Å². The highest BCUT2D eigenvalue weighted by Gasteiger charge is 2.26. The molecule has 1 atom stereocenters. The number of hydrogen-bond acceptors (Lipinski definition) is 4. The van der Waals surface area contributed by atoms with Crippen molar-refractivity contribution in [1.29, 1.82) is 0 Å². The van der Waals surface area contributed by atoms with Crippen molar-refractivity contribution in [2.24, 2.45) is 0 Å². The first-order valence-electron chi connectivity index (χ1n) is 4.69. The molecule has 0 saturated carbocycles. The molecule has 1 rings (SSSR count). The smallest absolute Gasteiger partial charge is 0.168 e. The van der Waals surface area contributed by atoms with Crippen molar-refractivity contribution in [1.82, 2.24) is 5.32 Å². The van der Waals surface area contributed by atoms with Gasteiger partial charge in [0.15, 0.2) is 9.84 Å². The van der Waals surface area contributed by atoms with Crippen molar-refractivity contribution in [3.05, 3.63) is 0 Å². The second-order valence-electron chi connectivity index (χ2n) is 3.24. The van der Waals surface area contributed by atoms with Gasteiger partial charge in [-0.2, -0.15) is 0 Å². The van der Waals surface area contributed by atoms with Gasteiger partial charge in [0.1, 0.15) is 5.37 Å². The quantitative estimate of drug-likeness (QED) is 0.713. The average Bonchev–Trinajstić information content (AvgIpc) is 2.16. The molecule has 0 aromatic carbocycles. The van der Waals surface area contributed by atoms with Crippen LogP contribution in [0.3, 0.4) is 0 Å². The molecule has 0 radical (unpaired) electrons. The summed E-state index contributed by atoms with van der Waals surface area (Å²) in [6, 6.07) is 0. The molecular weight excluding hydrogens is 190 g/mol. The standard InChI is InChI=1S/C8H17NO3S/c1-2-3-6-13(10,11)8-7-12-5-4-9-8/h8-9H,2-7H2,1H3. The van der Waals surface area contributed by atoms with Gasteiger partial charge in [-0.3, -0.25) is 5.32 Å². The van der Waals surface area contributed by atoms with Crippen LogP contribution in [0.5, 0.6) is 0 Å². The van der Waals surface area contributed by atoms with Crippen LogP contribution < -0.4 is 5.32 Å². The number of unbranched alkanes of at least 4 members (excludes halogenated alkanes) is 1. The maximum Gasteiger partial charge on any atom is 0.168 e. The molecule has 1 heterocycles. The molecule has 0 spiro atoms. The largest absolute Gasteiger partial charge is 0.377 e. The second-order valence-corrected chi connectivity index (χ2v) is 5.54. The zero-order valence-electron chi connectivity index (χ0n) is 7.95. The first-order chi connectivity index (χ1) is 6.17. The van der Waals surface area contributed by atoms with E-state index >= 15 is 0 Å². The Hall–Kier alpha value is -0.130. The average molecular weight is 207 g/mol. The fraction of sp³-hybridized carbons (Fsp3) is 1.00. The second kappa shape index (κ2) is 4.93. The van der Waals surface area contributed by atoms with Gasteiger partial charge in [-0.1, -0.05) is 13.3 Å². The Labute approximate surface area is 79.6 Å². The lowest BCUT2D eigenvalue weighted by Crippen LogP contribution is -2.47. The summed E-state index contributed by atoms with van der Waals surface area (Å²) in [6.07, 6.45) is 1.65. The summed E-state index contributed by atoms with van der Waals surface area (Å²) in [6.45, 7) is 3.53. The van der Waals surface area contributed by atoms with Gasteiger partial charge in [0.25, 0.3) is 0 Å². The molecule has 0 aromatic rings. The van der Waals surface area contributed by atoms with Gasteiger partial charge in [-0.15, -0.1) is 0 Å². The lowest BCUT2D eigenvalue weighted by atomic mass is 10.4. The van der Waals surface area contributed by atoms with Crippen molar-refractivity contribution >= 4 is 9.84 Å². The molecule has 1 fully saturated rings. The lowest BCUT2D eigenvalue weighted by molar-refractivity contribution is 0.0978. The zero-order valence-corrected chi connectivity index (χ0v) is 8.77. The van der Waals surface area contributed by atoms with Crippen molar-refractivity contribution < 1.29 is 13.2 Å². The van der Waals surface area contributed by atoms with E-state index in [1.165, 1.54) is 0 Å². The van der Waals surface area contributed by atoms with Crippen LogP contribution in [0.15, 0.2) is 0 Å². The van der Waals surface area contributed by atoms with Crippen LogP contribution >= 0.6 is 0 Å². The Morgan fingerprint density at radius 1 is 1.54 bits per heavy atom. The predicted octanol–water partition coefficient (Wildman–Crippen LogP) is 0.147. The van der Waals surface area contributed by atoms with Gasteiger partial charge in [-0.05, 0) is 6.42 Å². The van der Waals surface area contributed by atoms with E-state index in [1.54, 1.807) is 0 Å². The number of morpholine rings is 1. The third kappa shape index (κ3) is 3.25. The molecule has 5 heteroatoms. The Balaban J connectivity index is 2.47. The van der Waals surface area contributed by atoms with Gasteiger partial charge >= 0.3 is 0 Å². The molecule has 1 saturated heterocycles. The fourth-order valence-electron chi connectivity index (χ4n) is 1.26. The van der Waals surface area contributed by atoms with Gasteiger partial charge in [0, 0.05) is 6.54 Å². The molecule has 13 heavy (non-hydrogen) atoms. The molecule has 1 unspecified atom stereocenters. The Bertz CT molecular complexity index is 232. The van der Waals surface area contributed by atoms with E-state index in [0.717, 1.165) is 12.8 Å². The normalized spacial score (nSPS) is 24.5. The van der Waals surface area contributed by atoms with Crippen molar-refractivity contribution in [2.45, 2.75) is 25.1 Å². The summed E-state index contributed by atoms with van der Waals surface area (Å²) in [5, 5.41) is 2.48. The highest BCUT2D eigenvalue weighted by molar-refractivity contribution is 7.92. The number of ether oxygens (including phenoxy) is 1. The highest BCUT2D eigenvalue weighted by Crippen LogP contribution is 2.06. The molecule has 0 aromatic heterocycles. The Kier molecular flexibility index (Phi) is 4.15. The summed E-state index contributed by atoms with van der Waals surface area (Å²) in [4.78, 5) is 0. The Morgan fingerprint density at radius 3 is 2.85 bits per heavy atom. The number of nitrogens with one attached hydrogen (secondary N) is 1. The molecule has 1 N–H and O–H groups in total. The van der Waals surface area contributed by atoms with E-state index in [2.05, 4.69) is 5.32 Å². The Morgan fingerprint density at radius 2 is 2.31 bits per heavy atom. The highest BCUT2D eigenvalue weighted by atomic mass is 32.2. The van der Waals surface area contributed by atoms with Crippen LogP contribution in [0.2, 0.25) is 0 Å². The van der Waals surface area contributed by atoms with Crippen molar-refractivity contribution in [3.8, 4) is 0 Å². The van der Waals surface area contributed by atoms with E-state index < -0.39 is 15.2 Å². The molecule has 1 aliphatic rings. The summed E-state index contributed by atoms with van der Waals surface area (Å²) in [7, 11) is -2.98. The van der Waals surface area contributed by atoms with Crippen molar-refractivity contribution in [3.63, 3.8) is 0 Å². The summed E-state index contributed by atoms with van der Waals surface area (Å²) < 4.78 is 28.3. The molecule has 0 amide bonds. The van der Waals surface area contributed by atoms with Gasteiger partial charge in [0.05, 0.1) is 19.0 Å². The SMILES string of the molecule is CCCCS(=O)(=O)C1COCCN1. The van der Waals surface area contributed by atoms with Crippen LogP contribution in [0, 0.1) is 0 Å². The van der Waals surface area contributed by atoms with E-state index in [9.17, 15) is 8.42 Å². The maximum absolute atomic E-state index is 11.6. The van der Waals surface area contributed by atoms with Crippen LogP contribution in [-0.2, 0) is 14.6 Å². The number of hydrogen-bond donors (Lipinski definition) is 1. The molecular formula is C8H17NO3S. The molecule has 0 aliphatic carbocycles. The first-order valence-corrected chi connectivity index (χ1v) is 6.41. The topological polar surface area (TPSA) is 55.4 Å². The van der Waals surface area contributed by atoms with Crippen LogP contribution in [-0.4, -0.2) is 39.3 Å². The molecule has 4 nitrogen and oxygen atoms in total. The van der Waals surface area contributed by atoms with Gasteiger partial charge in [0.2, 0.25) is 0 Å². The van der Waals surface area contributed by atoms with Crippen LogP contribution in [0.25, 0.3) is 0 Å². The summed E-state index contributed by atoms with van der Waals surface area (Å²) >= 11 is 0. The minimum atomic E-state index is -2.98.